The molecule has 0 bridgehead atoms. The summed E-state index contributed by atoms with van der Waals surface area (Å²) >= 11 is 0. The van der Waals surface area contributed by atoms with Gasteiger partial charge < -0.3 is 15.1 Å². The largest absolute Gasteiger partial charge is 0.352 e. The molecule has 0 amide bonds. The minimum absolute atomic E-state index is 0.740. The molecule has 1 saturated heterocycles. The Balaban J connectivity index is 1.97. The second-order valence-electron chi connectivity index (χ2n) is 7.19. The van der Waals surface area contributed by atoms with Gasteiger partial charge in [-0.25, -0.2) is 0 Å². The highest BCUT2D eigenvalue weighted by molar-refractivity contribution is 5.80. The van der Waals surface area contributed by atoms with Crippen molar-refractivity contribution in [3.05, 3.63) is 17.0 Å². The zero-order valence-corrected chi connectivity index (χ0v) is 17.7. The number of nitrogens with one attached hydrogen (secondary N) is 1. The molecule has 1 aliphatic rings. The molecule has 0 aliphatic carbocycles. The van der Waals surface area contributed by atoms with Crippen molar-refractivity contribution in [2.75, 3.05) is 39.8 Å². The van der Waals surface area contributed by atoms with E-state index >= 15 is 0 Å². The molecule has 1 fully saturated rings. The van der Waals surface area contributed by atoms with Crippen molar-refractivity contribution < 1.29 is 0 Å². The third-order valence-corrected chi connectivity index (χ3v) is 5.66. The van der Waals surface area contributed by atoms with Gasteiger partial charge in [0.2, 0.25) is 0 Å². The van der Waals surface area contributed by atoms with E-state index in [9.17, 15) is 0 Å². The van der Waals surface area contributed by atoms with Crippen LogP contribution in [0.5, 0.6) is 0 Å². The molecule has 1 aliphatic heterocycles. The number of nitrogens with zero attached hydrogens (tertiary/aromatic N) is 5. The Hall–Kier alpha value is -1.56. The number of aliphatic imine (C=N–C) groups is 1. The first-order chi connectivity index (χ1) is 12.6. The lowest BCUT2D eigenvalue weighted by atomic mass is 10.1. The molecule has 2 heterocycles. The van der Waals surface area contributed by atoms with Gasteiger partial charge >= 0.3 is 0 Å². The molecule has 6 nitrogen and oxygen atoms in total. The van der Waals surface area contributed by atoms with E-state index in [-0.39, 0.29) is 0 Å². The monoisotopic (exact) mass is 362 g/mol. The van der Waals surface area contributed by atoms with Crippen molar-refractivity contribution in [1.29, 1.82) is 0 Å². The number of rotatable bonds is 8. The SMILES string of the molecule is CCc1nn(C)c(CC)c1CNC(=NC)N1CCC(CN(CC)CC)C1. The number of hydrogen-bond acceptors (Lipinski definition) is 3. The molecule has 1 aromatic rings. The maximum atomic E-state index is 4.68. The lowest BCUT2D eigenvalue weighted by Crippen LogP contribution is -2.40. The zero-order chi connectivity index (χ0) is 19.1. The van der Waals surface area contributed by atoms with Gasteiger partial charge in [-0.2, -0.15) is 5.10 Å². The minimum Gasteiger partial charge on any atom is -0.352 e. The molecule has 1 N–H and O–H groups in total. The third kappa shape index (κ3) is 4.78. The van der Waals surface area contributed by atoms with E-state index in [1.807, 2.05) is 11.7 Å². The first-order valence-electron chi connectivity index (χ1n) is 10.3. The van der Waals surface area contributed by atoms with Gasteiger partial charge in [-0.3, -0.25) is 9.67 Å². The van der Waals surface area contributed by atoms with E-state index < -0.39 is 0 Å². The molecule has 1 unspecified atom stereocenters. The summed E-state index contributed by atoms with van der Waals surface area (Å²) in [6.07, 6.45) is 3.23. The Morgan fingerprint density at radius 1 is 1.23 bits per heavy atom. The van der Waals surface area contributed by atoms with Crippen LogP contribution in [0.2, 0.25) is 0 Å². The lowest BCUT2D eigenvalue weighted by Gasteiger charge is -2.24. The summed E-state index contributed by atoms with van der Waals surface area (Å²) in [5.74, 6) is 1.77. The molecule has 0 radical (unpaired) electrons. The fourth-order valence-corrected chi connectivity index (χ4v) is 4.11. The van der Waals surface area contributed by atoms with Gasteiger partial charge in [0, 0.05) is 51.5 Å². The summed E-state index contributed by atoms with van der Waals surface area (Å²) in [6, 6.07) is 0. The van der Waals surface area contributed by atoms with Gasteiger partial charge in [0.1, 0.15) is 0 Å². The van der Waals surface area contributed by atoms with Gasteiger partial charge in [-0.05, 0) is 38.3 Å². The average molecular weight is 363 g/mol. The predicted octanol–water partition coefficient (Wildman–Crippen LogP) is 2.28. The standard InChI is InChI=1S/C20H38N6/c1-7-18-17(19(8-2)24(6)23-18)13-22-20(21-5)26-12-11-16(15-26)14-25(9-3)10-4/h16H,7-15H2,1-6H3,(H,21,22). The molecular formula is C20H38N6. The van der Waals surface area contributed by atoms with Crippen molar-refractivity contribution >= 4 is 5.96 Å². The van der Waals surface area contributed by atoms with Gasteiger partial charge in [0.05, 0.1) is 5.69 Å². The molecule has 0 aromatic carbocycles. The third-order valence-electron chi connectivity index (χ3n) is 5.66. The van der Waals surface area contributed by atoms with Crippen molar-refractivity contribution in [2.24, 2.45) is 18.0 Å². The van der Waals surface area contributed by atoms with E-state index in [0.29, 0.717) is 0 Å². The highest BCUT2D eigenvalue weighted by Gasteiger charge is 2.26. The zero-order valence-electron chi connectivity index (χ0n) is 17.7. The van der Waals surface area contributed by atoms with Crippen LogP contribution in [0.25, 0.3) is 0 Å². The summed E-state index contributed by atoms with van der Waals surface area (Å²) in [6.45, 7) is 15.4. The van der Waals surface area contributed by atoms with Crippen molar-refractivity contribution in [3.8, 4) is 0 Å². The van der Waals surface area contributed by atoms with Gasteiger partial charge in [0.15, 0.2) is 5.96 Å². The van der Waals surface area contributed by atoms with E-state index in [0.717, 1.165) is 57.4 Å². The van der Waals surface area contributed by atoms with Crippen LogP contribution >= 0.6 is 0 Å². The molecule has 1 atom stereocenters. The first-order valence-corrected chi connectivity index (χ1v) is 10.3. The Morgan fingerprint density at radius 2 is 1.96 bits per heavy atom. The predicted molar refractivity (Wildman–Crippen MR) is 110 cm³/mol. The van der Waals surface area contributed by atoms with Crippen LogP contribution in [-0.4, -0.2) is 65.3 Å². The second-order valence-corrected chi connectivity index (χ2v) is 7.19. The van der Waals surface area contributed by atoms with Crippen LogP contribution in [0.4, 0.5) is 0 Å². The number of hydrogen-bond donors (Lipinski definition) is 1. The molecule has 0 spiro atoms. The van der Waals surface area contributed by atoms with E-state index in [4.69, 9.17) is 0 Å². The number of likely N-dealkylation sites (tertiary alicyclic amines) is 1. The number of guanidine groups is 1. The number of aromatic nitrogens is 2. The van der Waals surface area contributed by atoms with Gasteiger partial charge in [0.25, 0.3) is 0 Å². The summed E-state index contributed by atoms with van der Waals surface area (Å²) < 4.78 is 2.04. The normalized spacial score (nSPS) is 18.2. The van der Waals surface area contributed by atoms with Gasteiger partial charge in [-0.1, -0.05) is 27.7 Å². The van der Waals surface area contributed by atoms with Crippen LogP contribution in [0, 0.1) is 5.92 Å². The van der Waals surface area contributed by atoms with Crippen LogP contribution in [-0.2, 0) is 26.4 Å². The van der Waals surface area contributed by atoms with E-state index in [1.54, 1.807) is 0 Å². The smallest absolute Gasteiger partial charge is 0.193 e. The fourth-order valence-electron chi connectivity index (χ4n) is 4.11. The average Bonchev–Trinajstić information content (AvgIpc) is 3.24. The Morgan fingerprint density at radius 3 is 2.54 bits per heavy atom. The maximum absolute atomic E-state index is 4.68. The molecule has 6 heteroatoms. The summed E-state index contributed by atoms with van der Waals surface area (Å²) in [5, 5.41) is 8.28. The molecule has 2 rings (SSSR count). The minimum atomic E-state index is 0.740. The second kappa shape index (κ2) is 9.95. The van der Waals surface area contributed by atoms with Crippen molar-refractivity contribution in [3.63, 3.8) is 0 Å². The van der Waals surface area contributed by atoms with Crippen LogP contribution in [0.15, 0.2) is 4.99 Å². The maximum Gasteiger partial charge on any atom is 0.193 e. The summed E-state index contributed by atoms with van der Waals surface area (Å²) in [7, 11) is 3.94. The fraction of sp³-hybridized carbons (Fsp3) is 0.800. The molecule has 1 aromatic heterocycles. The molecule has 0 saturated carbocycles. The van der Waals surface area contributed by atoms with E-state index in [1.165, 1.54) is 29.9 Å². The number of aryl methyl sites for hydroxylation is 2. The Bertz CT molecular complexity index is 587. The Kier molecular flexibility index (Phi) is 7.94. The highest BCUT2D eigenvalue weighted by Crippen LogP contribution is 2.19. The molecule has 148 valence electrons. The summed E-state index contributed by atoms with van der Waals surface area (Å²) in [4.78, 5) is 9.49. The van der Waals surface area contributed by atoms with Crippen LogP contribution in [0.1, 0.15) is 51.1 Å². The Labute approximate surface area is 159 Å². The topological polar surface area (TPSA) is 48.7 Å². The molecule has 26 heavy (non-hydrogen) atoms. The van der Waals surface area contributed by atoms with E-state index in [2.05, 4.69) is 60.0 Å². The quantitative estimate of drug-likeness (QED) is 0.569. The first kappa shape index (κ1) is 20.7. The van der Waals surface area contributed by atoms with Crippen LogP contribution in [0.3, 0.4) is 0 Å². The van der Waals surface area contributed by atoms with Crippen molar-refractivity contribution in [2.45, 2.75) is 53.5 Å². The lowest BCUT2D eigenvalue weighted by molar-refractivity contribution is 0.255. The van der Waals surface area contributed by atoms with Crippen molar-refractivity contribution in [1.82, 2.24) is 24.9 Å². The molecular weight excluding hydrogens is 324 g/mol. The van der Waals surface area contributed by atoms with Gasteiger partial charge in [-0.15, -0.1) is 0 Å². The van der Waals surface area contributed by atoms with Crippen LogP contribution < -0.4 is 5.32 Å². The highest BCUT2D eigenvalue weighted by atomic mass is 15.3. The summed E-state index contributed by atoms with van der Waals surface area (Å²) in [5.41, 5.74) is 3.87.